The van der Waals surface area contributed by atoms with Crippen LogP contribution in [0.15, 0.2) is 66.7 Å². The van der Waals surface area contributed by atoms with Gasteiger partial charge in [0.1, 0.15) is 0 Å². The maximum Gasteiger partial charge on any atom is -0.00143 e. The minimum Gasteiger partial charge on any atom is -0.0795 e. The lowest BCUT2D eigenvalue weighted by molar-refractivity contribution is 1.05. The van der Waals surface area contributed by atoms with Crippen molar-refractivity contribution in [2.24, 2.45) is 0 Å². The second-order valence-corrected chi connectivity index (χ2v) is 7.09. The molecule has 0 atom stereocenters. The fourth-order valence-electron chi connectivity index (χ4n) is 3.83. The molecule has 124 valence electrons. The lowest BCUT2D eigenvalue weighted by Crippen LogP contribution is -2.03. The fraction of sp³-hybridized carbons (Fsp3) is 0.200. The van der Waals surface area contributed by atoms with Gasteiger partial charge in [0, 0.05) is 0 Å². The smallest absolute Gasteiger partial charge is 0.00143 e. The third-order valence-electron chi connectivity index (χ3n) is 5.44. The Labute approximate surface area is 150 Å². The van der Waals surface area contributed by atoms with Crippen molar-refractivity contribution in [3.63, 3.8) is 0 Å². The van der Waals surface area contributed by atoms with Gasteiger partial charge in [0.05, 0.1) is 0 Å². The monoisotopic (exact) mass is 324 g/mol. The van der Waals surface area contributed by atoms with Gasteiger partial charge in [-0.3, -0.25) is 0 Å². The molecule has 0 amide bonds. The minimum atomic E-state index is 1.01. The molecule has 0 aromatic heterocycles. The molecule has 0 unspecified atom stereocenters. The van der Waals surface area contributed by atoms with Gasteiger partial charge in [-0.25, -0.2) is 0 Å². The van der Waals surface area contributed by atoms with E-state index in [0.717, 1.165) is 19.3 Å². The van der Waals surface area contributed by atoms with Gasteiger partial charge < -0.3 is 0 Å². The summed E-state index contributed by atoms with van der Waals surface area (Å²) in [5.74, 6) is 0. The molecule has 0 fully saturated rings. The Kier molecular flexibility index (Phi) is 4.28. The van der Waals surface area contributed by atoms with Crippen molar-refractivity contribution in [1.82, 2.24) is 0 Å². The van der Waals surface area contributed by atoms with Crippen LogP contribution < -0.4 is 0 Å². The predicted molar refractivity (Wildman–Crippen MR) is 107 cm³/mol. The number of hydrogen-bond acceptors (Lipinski definition) is 0. The van der Waals surface area contributed by atoms with Crippen LogP contribution in [0.2, 0.25) is 0 Å². The second-order valence-electron chi connectivity index (χ2n) is 7.09. The summed E-state index contributed by atoms with van der Waals surface area (Å²) in [5.41, 5.74) is 11.5. The molecule has 1 aliphatic rings. The Bertz CT molecular complexity index is 944. The molecule has 3 aromatic carbocycles. The summed E-state index contributed by atoms with van der Waals surface area (Å²) in [6.07, 6.45) is 7.71. The summed E-state index contributed by atoms with van der Waals surface area (Å²) in [4.78, 5) is 0. The van der Waals surface area contributed by atoms with Crippen molar-refractivity contribution in [3.8, 4) is 0 Å². The van der Waals surface area contributed by atoms with E-state index in [1.807, 2.05) is 0 Å². The van der Waals surface area contributed by atoms with Crippen LogP contribution in [0.3, 0.4) is 0 Å². The molecule has 0 nitrogen and oxygen atoms in total. The Morgan fingerprint density at radius 2 is 1.32 bits per heavy atom. The van der Waals surface area contributed by atoms with Gasteiger partial charge in [0.2, 0.25) is 0 Å². The van der Waals surface area contributed by atoms with Crippen molar-refractivity contribution in [2.45, 2.75) is 33.1 Å². The summed E-state index contributed by atoms with van der Waals surface area (Å²) >= 11 is 0. The number of hydrogen-bond donors (Lipinski definition) is 0. The van der Waals surface area contributed by atoms with Gasteiger partial charge in [0.25, 0.3) is 0 Å². The summed E-state index contributed by atoms with van der Waals surface area (Å²) in [6.45, 7) is 4.43. The van der Waals surface area contributed by atoms with Gasteiger partial charge in [-0.2, -0.15) is 0 Å². The summed E-state index contributed by atoms with van der Waals surface area (Å²) < 4.78 is 0. The molecule has 0 heteroatoms. The zero-order valence-corrected chi connectivity index (χ0v) is 15.0. The highest BCUT2D eigenvalue weighted by Crippen LogP contribution is 2.30. The maximum absolute atomic E-state index is 2.35. The van der Waals surface area contributed by atoms with Gasteiger partial charge in [-0.1, -0.05) is 72.8 Å². The number of allylic oxidation sites excluding steroid dienone is 1. The number of benzene rings is 3. The molecular formula is C25H24. The van der Waals surface area contributed by atoms with Crippen LogP contribution in [0.4, 0.5) is 0 Å². The van der Waals surface area contributed by atoms with Crippen LogP contribution in [0.1, 0.15) is 44.5 Å². The molecule has 0 bridgehead atoms. The lowest BCUT2D eigenvalue weighted by Gasteiger charge is -2.17. The van der Waals surface area contributed by atoms with Gasteiger partial charge in [-0.15, -0.1) is 0 Å². The molecule has 0 heterocycles. The standard InChI is InChI=1S/C25H24/c1-18-8-3-5-10-21(18)16-23-15-14-20-12-7-13-24(20)25(23)17-22-11-6-4-9-19(22)2/h3-11,13-15H,12,16-17H2,1-2H3. The van der Waals surface area contributed by atoms with Crippen LogP contribution in [0.25, 0.3) is 6.08 Å². The van der Waals surface area contributed by atoms with Crippen LogP contribution in [-0.4, -0.2) is 0 Å². The Balaban J connectivity index is 1.78. The normalized spacial score (nSPS) is 12.4. The first-order valence-corrected chi connectivity index (χ1v) is 9.11. The quantitative estimate of drug-likeness (QED) is 0.547. The molecule has 0 saturated heterocycles. The van der Waals surface area contributed by atoms with E-state index in [-0.39, 0.29) is 0 Å². The second kappa shape index (κ2) is 6.72. The van der Waals surface area contributed by atoms with Gasteiger partial charge in [-0.05, 0) is 77.6 Å². The van der Waals surface area contributed by atoms with E-state index in [1.54, 1.807) is 0 Å². The first-order valence-electron chi connectivity index (χ1n) is 9.11. The molecule has 0 aliphatic heterocycles. The molecule has 4 rings (SSSR count). The van der Waals surface area contributed by atoms with Gasteiger partial charge >= 0.3 is 0 Å². The number of aryl methyl sites for hydroxylation is 2. The molecule has 0 spiro atoms. The van der Waals surface area contributed by atoms with E-state index in [2.05, 4.69) is 86.7 Å². The largest absolute Gasteiger partial charge is 0.0795 e. The average Bonchev–Trinajstić information content (AvgIpc) is 3.09. The Morgan fingerprint density at radius 1 is 0.680 bits per heavy atom. The van der Waals surface area contributed by atoms with E-state index in [9.17, 15) is 0 Å². The third kappa shape index (κ3) is 3.17. The highest BCUT2D eigenvalue weighted by Gasteiger charge is 2.16. The average molecular weight is 324 g/mol. The number of rotatable bonds is 4. The molecule has 3 aromatic rings. The lowest BCUT2D eigenvalue weighted by atomic mass is 9.88. The van der Waals surface area contributed by atoms with Crippen molar-refractivity contribution < 1.29 is 0 Å². The zero-order valence-electron chi connectivity index (χ0n) is 15.0. The summed E-state index contributed by atoms with van der Waals surface area (Å²) in [7, 11) is 0. The topological polar surface area (TPSA) is 0 Å². The zero-order chi connectivity index (χ0) is 17.2. The molecule has 0 radical (unpaired) electrons. The van der Waals surface area contributed by atoms with Crippen molar-refractivity contribution >= 4 is 6.08 Å². The molecule has 1 aliphatic carbocycles. The van der Waals surface area contributed by atoms with E-state index in [4.69, 9.17) is 0 Å². The van der Waals surface area contributed by atoms with E-state index in [0.29, 0.717) is 0 Å². The van der Waals surface area contributed by atoms with Crippen molar-refractivity contribution in [1.29, 1.82) is 0 Å². The fourth-order valence-corrected chi connectivity index (χ4v) is 3.83. The third-order valence-corrected chi connectivity index (χ3v) is 5.44. The molecule has 25 heavy (non-hydrogen) atoms. The summed E-state index contributed by atoms with van der Waals surface area (Å²) in [5, 5.41) is 0. The highest BCUT2D eigenvalue weighted by atomic mass is 14.2. The first kappa shape index (κ1) is 15.9. The van der Waals surface area contributed by atoms with E-state index in [1.165, 1.54) is 44.5 Å². The predicted octanol–water partition coefficient (Wildman–Crippen LogP) is 6.05. The molecule has 0 saturated carbocycles. The number of fused-ring (bicyclic) bond motifs is 1. The van der Waals surface area contributed by atoms with E-state index >= 15 is 0 Å². The van der Waals surface area contributed by atoms with Crippen LogP contribution in [0, 0.1) is 13.8 Å². The van der Waals surface area contributed by atoms with Crippen LogP contribution in [0.5, 0.6) is 0 Å². The Morgan fingerprint density at radius 3 is 2.00 bits per heavy atom. The van der Waals surface area contributed by atoms with Crippen LogP contribution in [-0.2, 0) is 19.3 Å². The van der Waals surface area contributed by atoms with Crippen molar-refractivity contribution in [3.05, 3.63) is 111 Å². The highest BCUT2D eigenvalue weighted by molar-refractivity contribution is 5.66. The van der Waals surface area contributed by atoms with Crippen molar-refractivity contribution in [2.75, 3.05) is 0 Å². The first-order chi connectivity index (χ1) is 12.2. The SMILES string of the molecule is Cc1ccccc1Cc1ccc2c(c1Cc1ccccc1C)C=CC2. The molecule has 0 N–H and O–H groups in total. The minimum absolute atomic E-state index is 1.01. The Hall–Kier alpha value is -2.60. The van der Waals surface area contributed by atoms with Gasteiger partial charge in [0.15, 0.2) is 0 Å². The maximum atomic E-state index is 2.35. The van der Waals surface area contributed by atoms with Crippen LogP contribution >= 0.6 is 0 Å². The van der Waals surface area contributed by atoms with E-state index < -0.39 is 0 Å². The summed E-state index contributed by atoms with van der Waals surface area (Å²) in [6, 6.07) is 22.2. The molecular weight excluding hydrogens is 300 g/mol.